The maximum Gasteiger partial charge on any atom is 0.422 e. The number of alkyl halides is 3. The largest absolute Gasteiger partial charge is 0.484 e. The minimum atomic E-state index is -4.33. The van der Waals surface area contributed by atoms with Crippen LogP contribution in [0.4, 0.5) is 13.2 Å². The van der Waals surface area contributed by atoms with E-state index in [1.165, 1.54) is 17.8 Å². The third-order valence-electron chi connectivity index (χ3n) is 2.34. The van der Waals surface area contributed by atoms with Crippen molar-refractivity contribution in [3.63, 3.8) is 0 Å². The zero-order valence-corrected chi connectivity index (χ0v) is 11.4. The molecule has 0 atom stereocenters. The van der Waals surface area contributed by atoms with Gasteiger partial charge >= 0.3 is 6.18 Å². The predicted molar refractivity (Wildman–Crippen MR) is 68.6 cm³/mol. The molecule has 0 radical (unpaired) electrons. The van der Waals surface area contributed by atoms with E-state index in [0.29, 0.717) is 5.75 Å². The van der Waals surface area contributed by atoms with Crippen LogP contribution in [0.5, 0.6) is 5.75 Å². The van der Waals surface area contributed by atoms with Gasteiger partial charge in [0.25, 0.3) is 0 Å². The second-order valence-corrected chi connectivity index (χ2v) is 5.01. The summed E-state index contributed by atoms with van der Waals surface area (Å²) in [6.07, 6.45) is -2.74. The molecule has 0 saturated heterocycles. The van der Waals surface area contributed by atoms with Crippen LogP contribution in [0.2, 0.25) is 0 Å². The number of aromatic nitrogens is 3. The van der Waals surface area contributed by atoms with E-state index in [9.17, 15) is 13.2 Å². The van der Waals surface area contributed by atoms with Crippen LogP contribution >= 0.6 is 11.8 Å². The topological polar surface area (TPSA) is 39.9 Å². The molecule has 20 heavy (non-hydrogen) atoms. The number of hydrogen-bond acceptors (Lipinski definition) is 4. The van der Waals surface area contributed by atoms with Gasteiger partial charge in [0.15, 0.2) is 11.8 Å². The molecule has 0 fully saturated rings. The van der Waals surface area contributed by atoms with Crippen LogP contribution in [-0.2, 0) is 12.8 Å². The molecule has 0 saturated carbocycles. The lowest BCUT2D eigenvalue weighted by molar-refractivity contribution is -0.153. The molecule has 0 aliphatic rings. The number of rotatable bonds is 5. The molecule has 8 heteroatoms. The Morgan fingerprint density at radius 2 is 2.15 bits per heavy atom. The summed E-state index contributed by atoms with van der Waals surface area (Å²) in [5.41, 5.74) is 0.859. The summed E-state index contributed by atoms with van der Waals surface area (Å²) < 4.78 is 42.7. The highest BCUT2D eigenvalue weighted by Gasteiger charge is 2.28. The third-order valence-corrected chi connectivity index (χ3v) is 3.44. The highest BCUT2D eigenvalue weighted by atomic mass is 32.2. The molecular weight excluding hydrogens is 291 g/mol. The Morgan fingerprint density at radius 1 is 1.35 bits per heavy atom. The van der Waals surface area contributed by atoms with Crippen molar-refractivity contribution in [2.75, 3.05) is 6.61 Å². The molecule has 0 spiro atoms. The first-order valence-electron chi connectivity index (χ1n) is 5.69. The first-order valence-corrected chi connectivity index (χ1v) is 6.68. The summed E-state index contributed by atoms with van der Waals surface area (Å²) in [7, 11) is 1.82. The van der Waals surface area contributed by atoms with Crippen molar-refractivity contribution in [2.45, 2.75) is 17.1 Å². The molecule has 1 aromatic heterocycles. The Morgan fingerprint density at radius 3 is 2.80 bits per heavy atom. The normalized spacial score (nSPS) is 11.6. The van der Waals surface area contributed by atoms with Crippen molar-refractivity contribution in [3.05, 3.63) is 36.2 Å². The van der Waals surface area contributed by atoms with Crippen LogP contribution in [0.1, 0.15) is 5.56 Å². The molecule has 0 aliphatic heterocycles. The minimum Gasteiger partial charge on any atom is -0.484 e. The molecule has 0 N–H and O–H groups in total. The van der Waals surface area contributed by atoms with Gasteiger partial charge in [0, 0.05) is 12.8 Å². The van der Waals surface area contributed by atoms with Crippen molar-refractivity contribution >= 4 is 11.8 Å². The van der Waals surface area contributed by atoms with Crippen LogP contribution in [-0.4, -0.2) is 27.5 Å². The van der Waals surface area contributed by atoms with Crippen LogP contribution < -0.4 is 4.74 Å². The van der Waals surface area contributed by atoms with E-state index in [2.05, 4.69) is 10.2 Å². The third kappa shape index (κ3) is 4.44. The monoisotopic (exact) mass is 303 g/mol. The van der Waals surface area contributed by atoms with Gasteiger partial charge in [-0.15, -0.1) is 10.2 Å². The molecule has 1 heterocycles. The number of thioether (sulfide) groups is 1. The number of ether oxygens (including phenoxy) is 1. The molecule has 108 valence electrons. The van der Waals surface area contributed by atoms with Crippen LogP contribution in [0.3, 0.4) is 0 Å². The van der Waals surface area contributed by atoms with Crippen molar-refractivity contribution in [3.8, 4) is 5.75 Å². The maximum absolute atomic E-state index is 12.1. The zero-order chi connectivity index (χ0) is 14.6. The highest BCUT2D eigenvalue weighted by molar-refractivity contribution is 7.98. The van der Waals surface area contributed by atoms with Gasteiger partial charge in [0.05, 0.1) is 0 Å². The highest BCUT2D eigenvalue weighted by Crippen LogP contribution is 2.24. The number of halogens is 3. The summed E-state index contributed by atoms with van der Waals surface area (Å²) >= 11 is 1.45. The standard InChI is InChI=1S/C12H12F3N3OS/c1-18-8-16-17-11(18)20-6-9-3-2-4-10(5-9)19-7-12(13,14)15/h2-5,8H,6-7H2,1H3. The zero-order valence-electron chi connectivity index (χ0n) is 10.6. The van der Waals surface area contributed by atoms with Gasteiger partial charge in [-0.05, 0) is 17.7 Å². The van der Waals surface area contributed by atoms with E-state index in [0.717, 1.165) is 10.7 Å². The second-order valence-electron chi connectivity index (χ2n) is 4.06. The van der Waals surface area contributed by atoms with Gasteiger partial charge < -0.3 is 9.30 Å². The molecule has 1 aromatic carbocycles. The number of hydrogen-bond donors (Lipinski definition) is 0. The lowest BCUT2D eigenvalue weighted by atomic mass is 10.2. The fourth-order valence-corrected chi connectivity index (χ4v) is 2.27. The van der Waals surface area contributed by atoms with E-state index in [4.69, 9.17) is 4.74 Å². The summed E-state index contributed by atoms with van der Waals surface area (Å²) in [6.45, 7) is -1.28. The Bertz CT molecular complexity index is 571. The van der Waals surface area contributed by atoms with E-state index in [1.807, 2.05) is 13.1 Å². The average Bonchev–Trinajstić information content (AvgIpc) is 2.79. The Labute approximate surface area is 118 Å². The second kappa shape index (κ2) is 6.17. The number of aryl methyl sites for hydroxylation is 1. The summed E-state index contributed by atoms with van der Waals surface area (Å²) in [4.78, 5) is 0. The first kappa shape index (κ1) is 14.7. The van der Waals surface area contributed by atoms with Crippen molar-refractivity contribution in [2.24, 2.45) is 7.05 Å². The van der Waals surface area contributed by atoms with Gasteiger partial charge in [0.2, 0.25) is 0 Å². The maximum atomic E-state index is 12.1. The predicted octanol–water partition coefficient (Wildman–Crippen LogP) is 3.05. The molecule has 0 unspecified atom stereocenters. The summed E-state index contributed by atoms with van der Waals surface area (Å²) in [5, 5.41) is 8.41. The first-order chi connectivity index (χ1) is 9.44. The molecule has 2 rings (SSSR count). The van der Waals surface area contributed by atoms with E-state index < -0.39 is 12.8 Å². The lowest BCUT2D eigenvalue weighted by Crippen LogP contribution is -2.19. The van der Waals surface area contributed by atoms with Gasteiger partial charge in [-0.1, -0.05) is 23.9 Å². The Balaban J connectivity index is 1.94. The minimum absolute atomic E-state index is 0.207. The van der Waals surface area contributed by atoms with E-state index in [1.54, 1.807) is 23.0 Å². The lowest BCUT2D eigenvalue weighted by Gasteiger charge is -2.10. The van der Waals surface area contributed by atoms with Crippen LogP contribution in [0.15, 0.2) is 35.7 Å². The summed E-state index contributed by atoms with van der Waals surface area (Å²) in [6, 6.07) is 6.58. The van der Waals surface area contributed by atoms with Crippen LogP contribution in [0.25, 0.3) is 0 Å². The molecule has 0 bridgehead atoms. The van der Waals surface area contributed by atoms with Crippen molar-refractivity contribution < 1.29 is 17.9 Å². The Kier molecular flexibility index (Phi) is 4.53. The molecule has 0 aliphatic carbocycles. The van der Waals surface area contributed by atoms with Crippen molar-refractivity contribution in [1.29, 1.82) is 0 Å². The fourth-order valence-electron chi connectivity index (χ4n) is 1.44. The van der Waals surface area contributed by atoms with Gasteiger partial charge in [0.1, 0.15) is 12.1 Å². The molecule has 0 amide bonds. The van der Waals surface area contributed by atoms with Gasteiger partial charge in [-0.25, -0.2) is 0 Å². The van der Waals surface area contributed by atoms with Gasteiger partial charge in [-0.2, -0.15) is 13.2 Å². The number of benzene rings is 1. The van der Waals surface area contributed by atoms with Crippen LogP contribution in [0, 0.1) is 0 Å². The van der Waals surface area contributed by atoms with Gasteiger partial charge in [-0.3, -0.25) is 0 Å². The smallest absolute Gasteiger partial charge is 0.422 e. The number of nitrogens with zero attached hydrogens (tertiary/aromatic N) is 3. The SMILES string of the molecule is Cn1cnnc1SCc1cccc(OCC(F)(F)F)c1. The molecule has 2 aromatic rings. The molecule has 4 nitrogen and oxygen atoms in total. The summed E-state index contributed by atoms with van der Waals surface area (Å²) in [5.74, 6) is 0.786. The average molecular weight is 303 g/mol. The fraction of sp³-hybridized carbons (Fsp3) is 0.333. The van der Waals surface area contributed by atoms with E-state index >= 15 is 0 Å². The van der Waals surface area contributed by atoms with Crippen molar-refractivity contribution in [1.82, 2.24) is 14.8 Å². The Hall–Kier alpha value is -1.70. The molecular formula is C12H12F3N3OS. The van der Waals surface area contributed by atoms with E-state index in [-0.39, 0.29) is 5.75 Å². The quantitative estimate of drug-likeness (QED) is 0.796.